The van der Waals surface area contributed by atoms with Crippen LogP contribution in [0.25, 0.3) is 11.1 Å². The van der Waals surface area contributed by atoms with Crippen LogP contribution in [0.5, 0.6) is 5.75 Å². The molecule has 2 aromatic carbocycles. The Morgan fingerprint density at radius 1 is 1.06 bits per heavy atom. The number of nitrogen functional groups attached to an aromatic ring is 1. The van der Waals surface area contributed by atoms with E-state index in [2.05, 4.69) is 24.1 Å². The lowest BCUT2D eigenvalue weighted by Gasteiger charge is -2.36. The number of aryl methyl sites for hydroxylation is 1. The van der Waals surface area contributed by atoms with Crippen LogP contribution in [0.1, 0.15) is 60.7 Å². The molecule has 1 unspecified atom stereocenters. The highest BCUT2D eigenvalue weighted by Crippen LogP contribution is 2.36. The third-order valence-corrected chi connectivity index (χ3v) is 7.08. The Morgan fingerprint density at radius 2 is 1.81 bits per heavy atom. The van der Waals surface area contributed by atoms with Crippen molar-refractivity contribution in [1.82, 2.24) is 15.2 Å². The average Bonchev–Trinajstić information content (AvgIpc) is 3.06. The van der Waals surface area contributed by atoms with Crippen molar-refractivity contribution in [2.45, 2.75) is 57.7 Å². The number of fused-ring (bicyclic) bond motifs is 1. The Morgan fingerprint density at radius 3 is 2.56 bits per heavy atom. The summed E-state index contributed by atoms with van der Waals surface area (Å²) in [6.07, 6.45) is 5.18. The van der Waals surface area contributed by atoms with Crippen LogP contribution >= 0.6 is 0 Å². The zero-order chi connectivity index (χ0) is 25.2. The maximum absolute atomic E-state index is 14.0. The number of aromatic nitrogens is 1. The van der Waals surface area contributed by atoms with E-state index in [0.29, 0.717) is 30.2 Å². The second kappa shape index (κ2) is 10.3. The number of nitrogens with one attached hydrogen (secondary N) is 1. The SMILES string of the molecule is C[C@@H]1CN(C(=O)c2ccc(-c3cnc(N)c(OC4CCCCc5ccc(F)cc54)c3)cc2)C[C@H](C)N1. The van der Waals surface area contributed by atoms with Crippen LogP contribution in [0.3, 0.4) is 0 Å². The Balaban J connectivity index is 1.36. The van der Waals surface area contributed by atoms with E-state index >= 15 is 0 Å². The molecule has 1 amide bonds. The number of anilines is 1. The number of nitrogens with zero attached hydrogens (tertiary/aromatic N) is 2. The molecule has 0 saturated carbocycles. The van der Waals surface area contributed by atoms with Crippen molar-refractivity contribution in [3.05, 3.63) is 77.2 Å². The number of hydrogen-bond acceptors (Lipinski definition) is 5. The fourth-order valence-electron chi connectivity index (χ4n) is 5.36. The minimum atomic E-state index is -0.277. The van der Waals surface area contributed by atoms with Crippen LogP contribution in [0, 0.1) is 5.82 Å². The minimum Gasteiger partial charge on any atom is -0.482 e. The lowest BCUT2D eigenvalue weighted by molar-refractivity contribution is 0.0674. The highest BCUT2D eigenvalue weighted by molar-refractivity contribution is 5.95. The number of benzene rings is 2. The first-order chi connectivity index (χ1) is 17.4. The predicted molar refractivity (Wildman–Crippen MR) is 139 cm³/mol. The summed E-state index contributed by atoms with van der Waals surface area (Å²) in [5, 5.41) is 3.46. The molecule has 3 aromatic rings. The van der Waals surface area contributed by atoms with E-state index in [-0.39, 0.29) is 29.9 Å². The van der Waals surface area contributed by atoms with Crippen molar-refractivity contribution in [3.63, 3.8) is 0 Å². The first-order valence-corrected chi connectivity index (χ1v) is 12.7. The number of rotatable bonds is 4. The number of piperazine rings is 1. The summed E-state index contributed by atoms with van der Waals surface area (Å²) in [6, 6.07) is 14.9. The molecule has 2 heterocycles. The van der Waals surface area contributed by atoms with Crippen LogP contribution in [-0.4, -0.2) is 41.0 Å². The van der Waals surface area contributed by atoms with Gasteiger partial charge in [-0.2, -0.15) is 0 Å². The van der Waals surface area contributed by atoms with Gasteiger partial charge in [-0.3, -0.25) is 4.79 Å². The van der Waals surface area contributed by atoms with Gasteiger partial charge in [0, 0.05) is 42.5 Å². The number of halogens is 1. The van der Waals surface area contributed by atoms with E-state index in [1.165, 1.54) is 6.07 Å². The largest absolute Gasteiger partial charge is 0.482 e. The Bertz CT molecular complexity index is 1240. The summed E-state index contributed by atoms with van der Waals surface area (Å²) < 4.78 is 20.4. The smallest absolute Gasteiger partial charge is 0.253 e. The summed E-state index contributed by atoms with van der Waals surface area (Å²) in [5.74, 6) is 0.567. The zero-order valence-electron chi connectivity index (χ0n) is 20.8. The van der Waals surface area contributed by atoms with Crippen LogP contribution in [0.15, 0.2) is 54.7 Å². The van der Waals surface area contributed by atoms with Crippen molar-refractivity contribution >= 4 is 11.7 Å². The minimum absolute atomic E-state index is 0.0421. The molecular weight excluding hydrogens is 455 g/mol. The van der Waals surface area contributed by atoms with Gasteiger partial charge in [0.25, 0.3) is 5.91 Å². The molecule has 3 N–H and O–H groups in total. The molecule has 2 aliphatic rings. The van der Waals surface area contributed by atoms with Gasteiger partial charge in [0.05, 0.1) is 0 Å². The molecule has 1 aliphatic carbocycles. The van der Waals surface area contributed by atoms with Crippen molar-refractivity contribution in [1.29, 1.82) is 0 Å². The van der Waals surface area contributed by atoms with Crippen molar-refractivity contribution < 1.29 is 13.9 Å². The van der Waals surface area contributed by atoms with E-state index in [0.717, 1.165) is 47.9 Å². The monoisotopic (exact) mass is 488 g/mol. The van der Waals surface area contributed by atoms with E-state index in [4.69, 9.17) is 10.5 Å². The van der Waals surface area contributed by atoms with Crippen LogP contribution in [0.4, 0.5) is 10.2 Å². The van der Waals surface area contributed by atoms with Gasteiger partial charge < -0.3 is 20.7 Å². The number of ether oxygens (including phenoxy) is 1. The van der Waals surface area contributed by atoms with Gasteiger partial charge in [-0.15, -0.1) is 0 Å². The first kappa shape index (κ1) is 24.3. The summed E-state index contributed by atoms with van der Waals surface area (Å²) >= 11 is 0. The lowest BCUT2D eigenvalue weighted by Crippen LogP contribution is -2.55. The fraction of sp³-hybridized carbons (Fsp3) is 0.379. The Labute approximate surface area is 211 Å². The third kappa shape index (κ3) is 5.21. The molecule has 188 valence electrons. The molecule has 0 radical (unpaired) electrons. The zero-order valence-corrected chi connectivity index (χ0v) is 20.8. The van der Waals surface area contributed by atoms with E-state index < -0.39 is 0 Å². The normalized spacial score (nSPS) is 22.0. The second-order valence-electron chi connectivity index (χ2n) is 10.1. The molecule has 1 fully saturated rings. The van der Waals surface area contributed by atoms with E-state index in [9.17, 15) is 9.18 Å². The Kier molecular flexibility index (Phi) is 6.92. The summed E-state index contributed by atoms with van der Waals surface area (Å²) in [6.45, 7) is 5.58. The van der Waals surface area contributed by atoms with Gasteiger partial charge in [0.15, 0.2) is 11.6 Å². The Hall–Kier alpha value is -3.45. The van der Waals surface area contributed by atoms with Gasteiger partial charge >= 0.3 is 0 Å². The fourth-order valence-corrected chi connectivity index (χ4v) is 5.36. The molecular formula is C29H33FN4O2. The quantitative estimate of drug-likeness (QED) is 0.497. The van der Waals surface area contributed by atoms with E-state index in [1.807, 2.05) is 41.3 Å². The molecule has 6 nitrogen and oxygen atoms in total. The number of carbonyl (C=O) groups is 1. The molecule has 0 bridgehead atoms. The van der Waals surface area contributed by atoms with Gasteiger partial charge in [-0.1, -0.05) is 18.2 Å². The molecule has 1 aromatic heterocycles. The third-order valence-electron chi connectivity index (χ3n) is 7.08. The molecule has 36 heavy (non-hydrogen) atoms. The average molecular weight is 489 g/mol. The summed E-state index contributed by atoms with van der Waals surface area (Å²) in [4.78, 5) is 19.3. The highest BCUT2D eigenvalue weighted by Gasteiger charge is 2.26. The molecule has 0 spiro atoms. The number of amides is 1. The standard InChI is InChI=1S/C29H33FN4O2/c1-18-16-34(17-19(2)33-18)29(35)22-9-7-20(8-10-22)23-13-27(28(31)32-15-23)36-26-6-4-3-5-21-11-12-24(30)14-25(21)26/h7-15,18-19,26,33H,3-6,16-17H2,1-2H3,(H2,31,32)/t18-,19+,26?. The van der Waals surface area contributed by atoms with Crippen LogP contribution in [-0.2, 0) is 6.42 Å². The number of hydrogen-bond donors (Lipinski definition) is 2. The van der Waals surface area contributed by atoms with Gasteiger partial charge in [0.1, 0.15) is 11.9 Å². The molecule has 5 rings (SSSR count). The molecule has 1 aliphatic heterocycles. The topological polar surface area (TPSA) is 80.5 Å². The number of carbonyl (C=O) groups excluding carboxylic acids is 1. The van der Waals surface area contributed by atoms with Crippen molar-refractivity contribution in [2.24, 2.45) is 0 Å². The maximum atomic E-state index is 14.0. The highest BCUT2D eigenvalue weighted by atomic mass is 19.1. The predicted octanol–water partition coefficient (Wildman–Crippen LogP) is 5.14. The number of pyridine rings is 1. The second-order valence-corrected chi connectivity index (χ2v) is 10.1. The number of nitrogens with two attached hydrogens (primary N) is 1. The van der Waals surface area contributed by atoms with Crippen molar-refractivity contribution in [3.8, 4) is 16.9 Å². The maximum Gasteiger partial charge on any atom is 0.253 e. The summed E-state index contributed by atoms with van der Waals surface area (Å²) in [7, 11) is 0. The lowest BCUT2D eigenvalue weighted by atomic mass is 10.0. The van der Waals surface area contributed by atoms with Gasteiger partial charge in [-0.05, 0) is 86.6 Å². The van der Waals surface area contributed by atoms with Crippen LogP contribution < -0.4 is 15.8 Å². The van der Waals surface area contributed by atoms with Crippen LogP contribution in [0.2, 0.25) is 0 Å². The molecule has 7 heteroatoms. The van der Waals surface area contributed by atoms with Gasteiger partial charge in [0.2, 0.25) is 0 Å². The first-order valence-electron chi connectivity index (χ1n) is 12.7. The van der Waals surface area contributed by atoms with Crippen molar-refractivity contribution in [2.75, 3.05) is 18.8 Å². The van der Waals surface area contributed by atoms with Gasteiger partial charge in [-0.25, -0.2) is 9.37 Å². The van der Waals surface area contributed by atoms with E-state index in [1.54, 1.807) is 12.3 Å². The molecule has 1 saturated heterocycles. The molecule has 3 atom stereocenters. The summed E-state index contributed by atoms with van der Waals surface area (Å²) in [5.41, 5.74) is 10.6.